The van der Waals surface area contributed by atoms with Crippen LogP contribution in [0, 0.1) is 0 Å². The number of fused-ring (bicyclic) bond motifs is 2. The van der Waals surface area contributed by atoms with Crippen molar-refractivity contribution < 1.29 is 28.3 Å². The molecule has 0 aromatic rings. The quantitative estimate of drug-likeness (QED) is 0.725. The maximum absolute atomic E-state index is 6.20. The molecular formula is C16H27BO6. The van der Waals surface area contributed by atoms with Gasteiger partial charge < -0.3 is 28.3 Å². The fourth-order valence-corrected chi connectivity index (χ4v) is 4.03. The number of ether oxygens (including phenoxy) is 4. The van der Waals surface area contributed by atoms with E-state index in [4.69, 9.17) is 28.3 Å². The summed E-state index contributed by atoms with van der Waals surface area (Å²) in [5, 5.41) is 0. The van der Waals surface area contributed by atoms with Crippen LogP contribution in [0.15, 0.2) is 0 Å². The van der Waals surface area contributed by atoms with Crippen molar-refractivity contribution in [3.8, 4) is 0 Å². The fourth-order valence-electron chi connectivity index (χ4n) is 4.03. The average Bonchev–Trinajstić information content (AvgIpc) is 2.86. The summed E-state index contributed by atoms with van der Waals surface area (Å²) in [7, 11) is 1.35. The number of hydrogen-bond acceptors (Lipinski definition) is 6. The van der Waals surface area contributed by atoms with Crippen LogP contribution < -0.4 is 0 Å². The molecule has 0 bridgehead atoms. The molecule has 0 aromatic heterocycles. The molecule has 0 amide bonds. The highest BCUT2D eigenvalue weighted by molar-refractivity contribution is 6.49. The maximum Gasteiger partial charge on any atom is 0.464 e. The number of rotatable bonds is 2. The molecule has 0 radical (unpaired) electrons. The summed E-state index contributed by atoms with van der Waals surface area (Å²) in [6, 6.07) is 0. The summed E-state index contributed by atoms with van der Waals surface area (Å²) in [5.74, 6) is -0.486. The van der Waals surface area contributed by atoms with Gasteiger partial charge >= 0.3 is 7.12 Å². The molecule has 5 atom stereocenters. The van der Waals surface area contributed by atoms with E-state index >= 15 is 0 Å². The Labute approximate surface area is 138 Å². The molecule has 3 aliphatic heterocycles. The highest BCUT2D eigenvalue weighted by Crippen LogP contribution is 2.66. The zero-order chi connectivity index (χ0) is 16.8. The first-order valence-electron chi connectivity index (χ1n) is 8.43. The molecule has 1 aliphatic carbocycles. The first kappa shape index (κ1) is 16.3. The van der Waals surface area contributed by atoms with Crippen LogP contribution in [0.25, 0.3) is 0 Å². The molecule has 1 spiro atoms. The Kier molecular flexibility index (Phi) is 3.19. The summed E-state index contributed by atoms with van der Waals surface area (Å²) >= 11 is 0. The van der Waals surface area contributed by atoms with E-state index in [1.54, 1.807) is 7.11 Å². The highest BCUT2D eigenvalue weighted by atomic mass is 16.8. The molecule has 23 heavy (non-hydrogen) atoms. The lowest BCUT2D eigenvalue weighted by Crippen LogP contribution is -2.41. The van der Waals surface area contributed by atoms with Crippen molar-refractivity contribution in [1.29, 1.82) is 0 Å². The Hall–Kier alpha value is -0.175. The van der Waals surface area contributed by atoms with Crippen molar-refractivity contribution in [3.05, 3.63) is 0 Å². The summed E-state index contributed by atoms with van der Waals surface area (Å²) in [5.41, 5.74) is -1.11. The molecule has 4 fully saturated rings. The van der Waals surface area contributed by atoms with Gasteiger partial charge in [0.1, 0.15) is 17.8 Å². The minimum Gasteiger partial charge on any atom is -0.403 e. The first-order chi connectivity index (χ1) is 10.5. The van der Waals surface area contributed by atoms with E-state index in [0.717, 1.165) is 6.42 Å². The summed E-state index contributed by atoms with van der Waals surface area (Å²) in [6.07, 6.45) is 0.0766. The van der Waals surface area contributed by atoms with E-state index in [1.165, 1.54) is 0 Å². The molecule has 1 saturated carbocycles. The molecule has 0 N–H and O–H groups in total. The van der Waals surface area contributed by atoms with Gasteiger partial charge in [0.15, 0.2) is 12.1 Å². The fraction of sp³-hybridized carbons (Fsp3) is 1.00. The van der Waals surface area contributed by atoms with Gasteiger partial charge in [-0.05, 0) is 48.0 Å². The normalized spacial score (nSPS) is 48.9. The van der Waals surface area contributed by atoms with Crippen molar-refractivity contribution >= 4 is 7.12 Å². The predicted octanol–water partition coefficient (Wildman–Crippen LogP) is 2.11. The van der Waals surface area contributed by atoms with E-state index in [-0.39, 0.29) is 36.3 Å². The lowest BCUT2D eigenvalue weighted by Gasteiger charge is -2.32. The first-order valence-corrected chi connectivity index (χ1v) is 8.43. The zero-order valence-electron chi connectivity index (χ0n) is 15.0. The van der Waals surface area contributed by atoms with Crippen molar-refractivity contribution in [3.63, 3.8) is 0 Å². The Balaban J connectivity index is 1.56. The van der Waals surface area contributed by atoms with Gasteiger partial charge in [0, 0.05) is 12.9 Å². The third-order valence-corrected chi connectivity index (χ3v) is 6.05. The van der Waals surface area contributed by atoms with Crippen LogP contribution in [0.3, 0.4) is 0 Å². The van der Waals surface area contributed by atoms with Crippen molar-refractivity contribution in [2.24, 2.45) is 0 Å². The smallest absolute Gasteiger partial charge is 0.403 e. The molecule has 3 unspecified atom stereocenters. The standard InChI is InChI=1S/C16H27BO6/c1-13(2)14(3,4)23-17(22-13)9-8-16(9)11-10(12(18-7)21-16)19-15(5,6)20-11/h9-12H,8H2,1-7H3/t9-,10?,11?,12?,16-/m0/s1. The average molecular weight is 326 g/mol. The highest BCUT2D eigenvalue weighted by Gasteiger charge is 2.78. The van der Waals surface area contributed by atoms with Crippen LogP contribution in [0.1, 0.15) is 48.0 Å². The minimum atomic E-state index is -0.619. The van der Waals surface area contributed by atoms with Gasteiger partial charge in [0.25, 0.3) is 0 Å². The van der Waals surface area contributed by atoms with Gasteiger partial charge in [-0.25, -0.2) is 0 Å². The molecule has 130 valence electrons. The van der Waals surface area contributed by atoms with E-state index in [2.05, 4.69) is 27.7 Å². The van der Waals surface area contributed by atoms with Gasteiger partial charge in [-0.3, -0.25) is 0 Å². The van der Waals surface area contributed by atoms with Crippen molar-refractivity contribution in [2.45, 2.75) is 94.9 Å². The second-order valence-electron chi connectivity index (χ2n) is 8.63. The van der Waals surface area contributed by atoms with E-state index in [1.807, 2.05) is 13.8 Å². The Morgan fingerprint density at radius 1 is 0.913 bits per heavy atom. The zero-order valence-corrected chi connectivity index (χ0v) is 15.0. The molecule has 0 aromatic carbocycles. The second kappa shape index (κ2) is 4.51. The molecule has 3 heterocycles. The van der Waals surface area contributed by atoms with E-state index in [0.29, 0.717) is 0 Å². The minimum absolute atomic E-state index is 0.133. The maximum atomic E-state index is 6.20. The van der Waals surface area contributed by atoms with Crippen LogP contribution in [0.4, 0.5) is 0 Å². The molecule has 3 saturated heterocycles. The molecule has 7 heteroatoms. The number of hydrogen-bond donors (Lipinski definition) is 0. The Morgan fingerprint density at radius 3 is 2.09 bits per heavy atom. The van der Waals surface area contributed by atoms with Crippen LogP contribution in [0.5, 0.6) is 0 Å². The summed E-state index contributed by atoms with van der Waals surface area (Å²) < 4.78 is 36.2. The van der Waals surface area contributed by atoms with Gasteiger partial charge in [-0.15, -0.1) is 0 Å². The molecule has 6 nitrogen and oxygen atoms in total. The monoisotopic (exact) mass is 326 g/mol. The van der Waals surface area contributed by atoms with Gasteiger partial charge in [-0.1, -0.05) is 0 Å². The van der Waals surface area contributed by atoms with Crippen molar-refractivity contribution in [2.75, 3.05) is 7.11 Å². The topological polar surface area (TPSA) is 55.4 Å². The van der Waals surface area contributed by atoms with Gasteiger partial charge in [0.05, 0.1) is 11.2 Å². The van der Waals surface area contributed by atoms with E-state index in [9.17, 15) is 0 Å². The van der Waals surface area contributed by atoms with Crippen LogP contribution in [-0.4, -0.2) is 55.3 Å². The molecular weight excluding hydrogens is 299 g/mol. The SMILES string of the molecule is COC1O[C@]2(C[C@@H]2B2OC(C)(C)C(C)(C)O2)C2OC(C)(C)OC12. The van der Waals surface area contributed by atoms with E-state index < -0.39 is 17.7 Å². The van der Waals surface area contributed by atoms with Crippen molar-refractivity contribution in [1.82, 2.24) is 0 Å². The largest absolute Gasteiger partial charge is 0.464 e. The lowest BCUT2D eigenvalue weighted by molar-refractivity contribution is -0.232. The summed E-state index contributed by atoms with van der Waals surface area (Å²) in [4.78, 5) is 0. The number of methoxy groups -OCH3 is 1. The van der Waals surface area contributed by atoms with Crippen LogP contribution in [-0.2, 0) is 28.3 Å². The summed E-state index contributed by atoms with van der Waals surface area (Å²) in [6.45, 7) is 12.1. The van der Waals surface area contributed by atoms with Gasteiger partial charge in [-0.2, -0.15) is 0 Å². The van der Waals surface area contributed by atoms with Gasteiger partial charge in [0.2, 0.25) is 0 Å². The molecule has 4 aliphatic rings. The van der Waals surface area contributed by atoms with Crippen LogP contribution >= 0.6 is 0 Å². The van der Waals surface area contributed by atoms with Crippen LogP contribution in [0.2, 0.25) is 5.82 Å². The Morgan fingerprint density at radius 2 is 1.52 bits per heavy atom. The third-order valence-electron chi connectivity index (χ3n) is 6.05. The predicted molar refractivity (Wildman–Crippen MR) is 82.9 cm³/mol. The Bertz CT molecular complexity index is 505. The third kappa shape index (κ3) is 2.17. The second-order valence-corrected chi connectivity index (χ2v) is 8.63. The molecule has 4 rings (SSSR count). The lowest BCUT2D eigenvalue weighted by atomic mass is 9.78.